The van der Waals surface area contributed by atoms with Crippen molar-refractivity contribution in [3.8, 4) is 0 Å². The number of carboxylic acids is 1. The lowest BCUT2D eigenvalue weighted by Crippen LogP contribution is -2.35. The van der Waals surface area contributed by atoms with Gasteiger partial charge < -0.3 is 10.1 Å². The summed E-state index contributed by atoms with van der Waals surface area (Å²) in [5.41, 5.74) is 0.919. The summed E-state index contributed by atoms with van der Waals surface area (Å²) in [6.07, 6.45) is 5.00. The van der Waals surface area contributed by atoms with Crippen LogP contribution in [0, 0.1) is 5.41 Å². The minimum Gasteiger partial charge on any atom is -0.481 e. The Morgan fingerprint density at radius 3 is 2.75 bits per heavy atom. The molecular formula is C15H17ClN2O2. The molecule has 4 nitrogen and oxygen atoms in total. The van der Waals surface area contributed by atoms with Crippen LogP contribution in [0.25, 0.3) is 11.0 Å². The first kappa shape index (κ1) is 13.4. The summed E-state index contributed by atoms with van der Waals surface area (Å²) >= 11 is 6.11. The van der Waals surface area contributed by atoms with Crippen molar-refractivity contribution in [3.05, 3.63) is 29.0 Å². The van der Waals surface area contributed by atoms with Crippen LogP contribution in [0.4, 0.5) is 0 Å². The molecule has 1 aromatic heterocycles. The Hall–Kier alpha value is -1.55. The number of hydrogen-bond acceptors (Lipinski definition) is 2. The van der Waals surface area contributed by atoms with Gasteiger partial charge in [-0.05, 0) is 25.0 Å². The van der Waals surface area contributed by atoms with Crippen LogP contribution >= 0.6 is 11.6 Å². The molecule has 20 heavy (non-hydrogen) atoms. The van der Waals surface area contributed by atoms with E-state index >= 15 is 0 Å². The van der Waals surface area contributed by atoms with Crippen molar-refractivity contribution < 1.29 is 9.90 Å². The van der Waals surface area contributed by atoms with Gasteiger partial charge in [-0.25, -0.2) is 4.98 Å². The van der Waals surface area contributed by atoms with Crippen LogP contribution in [-0.2, 0) is 11.2 Å². The second-order valence-corrected chi connectivity index (χ2v) is 6.05. The Labute approximate surface area is 122 Å². The lowest BCUT2D eigenvalue weighted by molar-refractivity contribution is -0.151. The number of aromatic nitrogens is 2. The van der Waals surface area contributed by atoms with E-state index in [4.69, 9.17) is 11.6 Å². The SMILES string of the molecule is O=C(O)C1(Cc2nc3c(Cl)cccc3[nH]2)CCCCC1. The molecule has 0 amide bonds. The molecule has 3 rings (SSSR count). The van der Waals surface area contributed by atoms with Gasteiger partial charge in [0.05, 0.1) is 16.0 Å². The first-order chi connectivity index (χ1) is 9.61. The van der Waals surface area contributed by atoms with E-state index in [0.29, 0.717) is 11.4 Å². The molecule has 1 heterocycles. The van der Waals surface area contributed by atoms with Gasteiger partial charge in [0.2, 0.25) is 0 Å². The van der Waals surface area contributed by atoms with Gasteiger partial charge in [0, 0.05) is 6.42 Å². The van der Waals surface area contributed by atoms with Crippen molar-refractivity contribution in [2.75, 3.05) is 0 Å². The number of fused-ring (bicyclic) bond motifs is 1. The number of nitrogens with zero attached hydrogens (tertiary/aromatic N) is 1. The normalized spacial score (nSPS) is 18.2. The van der Waals surface area contributed by atoms with Crippen molar-refractivity contribution in [3.63, 3.8) is 0 Å². The van der Waals surface area contributed by atoms with Crippen LogP contribution in [-0.4, -0.2) is 21.0 Å². The number of carbonyl (C=O) groups is 1. The standard InChI is InChI=1S/C15H17ClN2O2/c16-10-5-4-6-11-13(10)18-12(17-11)9-15(14(19)20)7-2-1-3-8-15/h4-6H,1-3,7-9H2,(H,17,18)(H,19,20). The van der Waals surface area contributed by atoms with E-state index in [1.807, 2.05) is 12.1 Å². The van der Waals surface area contributed by atoms with Gasteiger partial charge in [-0.15, -0.1) is 0 Å². The van der Waals surface area contributed by atoms with Crippen LogP contribution in [0.2, 0.25) is 5.02 Å². The molecule has 1 saturated carbocycles. The monoisotopic (exact) mass is 292 g/mol. The summed E-state index contributed by atoms with van der Waals surface area (Å²) in [6.45, 7) is 0. The topological polar surface area (TPSA) is 66.0 Å². The zero-order valence-corrected chi connectivity index (χ0v) is 11.9. The number of imidazole rings is 1. The predicted molar refractivity (Wildman–Crippen MR) is 78.0 cm³/mol. The fourth-order valence-corrected chi connectivity index (χ4v) is 3.36. The third-order valence-electron chi connectivity index (χ3n) is 4.28. The molecule has 1 aliphatic rings. The van der Waals surface area contributed by atoms with Gasteiger partial charge in [-0.2, -0.15) is 0 Å². The first-order valence-corrected chi connectivity index (χ1v) is 7.35. The van der Waals surface area contributed by atoms with Gasteiger partial charge in [-0.1, -0.05) is 36.9 Å². The first-order valence-electron chi connectivity index (χ1n) is 6.97. The lowest BCUT2D eigenvalue weighted by atomic mass is 9.72. The predicted octanol–water partition coefficient (Wildman–Crippen LogP) is 3.79. The van der Waals surface area contributed by atoms with E-state index in [0.717, 1.165) is 49.0 Å². The van der Waals surface area contributed by atoms with Crippen LogP contribution in [0.1, 0.15) is 37.9 Å². The van der Waals surface area contributed by atoms with Crippen molar-refractivity contribution in [1.82, 2.24) is 9.97 Å². The van der Waals surface area contributed by atoms with E-state index in [2.05, 4.69) is 9.97 Å². The van der Waals surface area contributed by atoms with Gasteiger partial charge in [0.1, 0.15) is 11.3 Å². The van der Waals surface area contributed by atoms with E-state index in [1.54, 1.807) is 6.07 Å². The summed E-state index contributed by atoms with van der Waals surface area (Å²) in [4.78, 5) is 19.4. The third-order valence-corrected chi connectivity index (χ3v) is 4.59. The number of carboxylic acid groups (broad SMARTS) is 1. The zero-order valence-electron chi connectivity index (χ0n) is 11.2. The summed E-state index contributed by atoms with van der Waals surface area (Å²) in [7, 11) is 0. The summed E-state index contributed by atoms with van der Waals surface area (Å²) in [6, 6.07) is 5.56. The number of H-pyrrole nitrogens is 1. The van der Waals surface area contributed by atoms with Crippen LogP contribution in [0.5, 0.6) is 0 Å². The molecule has 2 aromatic rings. The summed E-state index contributed by atoms with van der Waals surface area (Å²) < 4.78 is 0. The number of para-hydroxylation sites is 1. The molecule has 0 aliphatic heterocycles. The van der Waals surface area contributed by atoms with Gasteiger partial charge in [-0.3, -0.25) is 4.79 Å². The number of aliphatic carboxylic acids is 1. The molecule has 5 heteroatoms. The Kier molecular flexibility index (Phi) is 3.42. The Morgan fingerprint density at radius 2 is 2.10 bits per heavy atom. The second kappa shape index (κ2) is 5.09. The largest absolute Gasteiger partial charge is 0.481 e. The highest BCUT2D eigenvalue weighted by molar-refractivity contribution is 6.34. The second-order valence-electron chi connectivity index (χ2n) is 5.64. The van der Waals surface area contributed by atoms with Crippen LogP contribution in [0.15, 0.2) is 18.2 Å². The summed E-state index contributed by atoms with van der Waals surface area (Å²) in [5.74, 6) is 0.0150. The highest BCUT2D eigenvalue weighted by Crippen LogP contribution is 2.39. The third kappa shape index (κ3) is 2.29. The van der Waals surface area contributed by atoms with Crippen molar-refractivity contribution in [1.29, 1.82) is 0 Å². The average Bonchev–Trinajstić information content (AvgIpc) is 2.83. The van der Waals surface area contributed by atoms with E-state index in [-0.39, 0.29) is 0 Å². The van der Waals surface area contributed by atoms with Crippen molar-refractivity contribution >= 4 is 28.6 Å². The quantitative estimate of drug-likeness (QED) is 0.904. The molecule has 0 radical (unpaired) electrons. The molecule has 2 N–H and O–H groups in total. The van der Waals surface area contributed by atoms with E-state index in [1.165, 1.54) is 0 Å². The fraction of sp³-hybridized carbons (Fsp3) is 0.467. The highest BCUT2D eigenvalue weighted by atomic mass is 35.5. The minimum atomic E-state index is -0.705. The highest BCUT2D eigenvalue weighted by Gasteiger charge is 2.40. The Bertz CT molecular complexity index is 644. The average molecular weight is 293 g/mol. The number of hydrogen-bond donors (Lipinski definition) is 2. The van der Waals surface area contributed by atoms with Crippen molar-refractivity contribution in [2.45, 2.75) is 38.5 Å². The maximum atomic E-state index is 11.7. The molecule has 1 fully saturated rings. The van der Waals surface area contributed by atoms with Crippen LogP contribution < -0.4 is 0 Å². The Morgan fingerprint density at radius 1 is 1.35 bits per heavy atom. The molecular weight excluding hydrogens is 276 g/mol. The lowest BCUT2D eigenvalue weighted by Gasteiger charge is -2.32. The maximum absolute atomic E-state index is 11.7. The molecule has 0 atom stereocenters. The van der Waals surface area contributed by atoms with Gasteiger partial charge >= 0.3 is 5.97 Å². The molecule has 106 valence electrons. The molecule has 0 bridgehead atoms. The zero-order chi connectivity index (χ0) is 14.2. The fourth-order valence-electron chi connectivity index (χ4n) is 3.15. The molecule has 0 saturated heterocycles. The number of halogens is 1. The summed E-state index contributed by atoms with van der Waals surface area (Å²) in [5, 5.41) is 10.2. The number of aromatic amines is 1. The molecule has 1 aromatic carbocycles. The number of nitrogens with one attached hydrogen (secondary N) is 1. The minimum absolute atomic E-state index is 0.452. The van der Waals surface area contributed by atoms with E-state index < -0.39 is 11.4 Å². The maximum Gasteiger partial charge on any atom is 0.310 e. The molecule has 0 spiro atoms. The van der Waals surface area contributed by atoms with Crippen LogP contribution in [0.3, 0.4) is 0 Å². The Balaban J connectivity index is 1.94. The van der Waals surface area contributed by atoms with E-state index in [9.17, 15) is 9.90 Å². The van der Waals surface area contributed by atoms with Gasteiger partial charge in [0.15, 0.2) is 0 Å². The smallest absolute Gasteiger partial charge is 0.310 e. The number of rotatable bonds is 3. The van der Waals surface area contributed by atoms with Gasteiger partial charge in [0.25, 0.3) is 0 Å². The molecule has 0 unspecified atom stereocenters. The number of benzene rings is 1. The molecule has 1 aliphatic carbocycles. The van der Waals surface area contributed by atoms with Crippen molar-refractivity contribution in [2.24, 2.45) is 5.41 Å².